The normalized spacial score (nSPS) is 11.5. The van der Waals surface area contributed by atoms with Crippen molar-refractivity contribution in [1.82, 2.24) is 0 Å². The Labute approximate surface area is 123 Å². The van der Waals surface area contributed by atoms with Crippen LogP contribution in [0.25, 0.3) is 0 Å². The number of nitrogen functional groups attached to an aromatic ring is 4. The summed E-state index contributed by atoms with van der Waals surface area (Å²) in [6.07, 6.45) is 0. The van der Waals surface area contributed by atoms with Crippen molar-refractivity contribution in [3.8, 4) is 11.5 Å². The van der Waals surface area contributed by atoms with Crippen molar-refractivity contribution < 1.29 is 10.2 Å². The zero-order valence-electron chi connectivity index (χ0n) is 12.0. The molecule has 10 N–H and O–H groups in total. The van der Waals surface area contributed by atoms with Crippen LogP contribution < -0.4 is 22.9 Å². The van der Waals surface area contributed by atoms with E-state index in [1.54, 1.807) is 24.3 Å². The van der Waals surface area contributed by atoms with Gasteiger partial charge in [0.2, 0.25) is 0 Å². The molecular formula is C15H20N4O2. The molecule has 0 aliphatic heterocycles. The Hall–Kier alpha value is -2.76. The second-order valence-corrected chi connectivity index (χ2v) is 5.63. The Bertz CT molecular complexity index is 605. The van der Waals surface area contributed by atoms with E-state index < -0.39 is 5.41 Å². The minimum atomic E-state index is -0.508. The molecule has 0 bridgehead atoms. The number of rotatable bonds is 2. The molecule has 0 saturated carbocycles. The summed E-state index contributed by atoms with van der Waals surface area (Å²) in [5.41, 5.74) is 25.0. The highest BCUT2D eigenvalue weighted by Gasteiger charge is 2.26. The summed E-state index contributed by atoms with van der Waals surface area (Å²) >= 11 is 0. The van der Waals surface area contributed by atoms with Gasteiger partial charge >= 0.3 is 0 Å². The van der Waals surface area contributed by atoms with Crippen molar-refractivity contribution in [2.45, 2.75) is 19.3 Å². The van der Waals surface area contributed by atoms with Gasteiger partial charge in [-0.2, -0.15) is 0 Å². The molecule has 0 fully saturated rings. The first-order chi connectivity index (χ1) is 9.64. The number of aromatic hydroxyl groups is 2. The average molecular weight is 288 g/mol. The maximum absolute atomic E-state index is 9.67. The van der Waals surface area contributed by atoms with E-state index >= 15 is 0 Å². The van der Waals surface area contributed by atoms with E-state index in [1.807, 2.05) is 13.8 Å². The van der Waals surface area contributed by atoms with Crippen LogP contribution in [0.15, 0.2) is 24.3 Å². The third kappa shape index (κ3) is 2.35. The van der Waals surface area contributed by atoms with Crippen molar-refractivity contribution in [3.63, 3.8) is 0 Å². The van der Waals surface area contributed by atoms with Gasteiger partial charge in [-0.25, -0.2) is 0 Å². The molecule has 112 valence electrons. The zero-order chi connectivity index (χ0) is 15.9. The van der Waals surface area contributed by atoms with Crippen LogP contribution in [-0.2, 0) is 5.41 Å². The third-order valence-electron chi connectivity index (χ3n) is 3.78. The topological polar surface area (TPSA) is 145 Å². The van der Waals surface area contributed by atoms with Crippen molar-refractivity contribution in [3.05, 3.63) is 35.4 Å². The number of hydrogen-bond donors (Lipinski definition) is 6. The van der Waals surface area contributed by atoms with Crippen LogP contribution in [0.3, 0.4) is 0 Å². The average Bonchev–Trinajstić information content (AvgIpc) is 2.40. The van der Waals surface area contributed by atoms with Gasteiger partial charge in [0.05, 0.1) is 22.7 Å². The zero-order valence-corrected chi connectivity index (χ0v) is 12.0. The molecule has 0 aromatic heterocycles. The summed E-state index contributed by atoms with van der Waals surface area (Å²) in [5.74, 6) is -0.251. The van der Waals surface area contributed by atoms with E-state index in [1.165, 1.54) is 0 Å². The van der Waals surface area contributed by atoms with Gasteiger partial charge in [0.1, 0.15) is 0 Å². The lowest BCUT2D eigenvalue weighted by atomic mass is 9.77. The summed E-state index contributed by atoms with van der Waals surface area (Å²) in [6, 6.07) is 6.63. The van der Waals surface area contributed by atoms with Crippen molar-refractivity contribution in [2.75, 3.05) is 22.9 Å². The van der Waals surface area contributed by atoms with Gasteiger partial charge in [-0.15, -0.1) is 0 Å². The molecule has 0 radical (unpaired) electrons. The van der Waals surface area contributed by atoms with E-state index in [0.717, 1.165) is 11.1 Å². The fraction of sp³-hybridized carbons (Fsp3) is 0.200. The van der Waals surface area contributed by atoms with Gasteiger partial charge in [-0.1, -0.05) is 13.8 Å². The maximum atomic E-state index is 9.67. The molecule has 6 nitrogen and oxygen atoms in total. The van der Waals surface area contributed by atoms with Crippen LogP contribution in [-0.4, -0.2) is 10.2 Å². The minimum Gasteiger partial charge on any atom is -0.504 e. The Morgan fingerprint density at radius 1 is 0.667 bits per heavy atom. The minimum absolute atomic E-state index is 0.126. The molecule has 21 heavy (non-hydrogen) atoms. The van der Waals surface area contributed by atoms with E-state index in [-0.39, 0.29) is 34.2 Å². The van der Waals surface area contributed by atoms with E-state index in [9.17, 15) is 10.2 Å². The number of benzene rings is 2. The fourth-order valence-corrected chi connectivity index (χ4v) is 2.25. The Balaban J connectivity index is 2.61. The highest BCUT2D eigenvalue weighted by atomic mass is 16.3. The number of anilines is 4. The van der Waals surface area contributed by atoms with Crippen LogP contribution in [0.1, 0.15) is 25.0 Å². The van der Waals surface area contributed by atoms with Crippen LogP contribution >= 0.6 is 0 Å². The molecule has 0 amide bonds. The van der Waals surface area contributed by atoms with Gasteiger partial charge in [0.15, 0.2) is 11.5 Å². The quantitative estimate of drug-likeness (QED) is 0.367. The highest BCUT2D eigenvalue weighted by molar-refractivity contribution is 5.72. The van der Waals surface area contributed by atoms with E-state index in [2.05, 4.69) is 0 Å². The molecule has 2 aromatic carbocycles. The number of phenolic OH excluding ortho intramolecular Hbond substituents is 2. The van der Waals surface area contributed by atoms with Crippen molar-refractivity contribution >= 4 is 22.7 Å². The first-order valence-electron chi connectivity index (χ1n) is 6.41. The van der Waals surface area contributed by atoms with Crippen LogP contribution in [0.2, 0.25) is 0 Å². The molecule has 0 saturated heterocycles. The predicted molar refractivity (Wildman–Crippen MR) is 86.0 cm³/mol. The van der Waals surface area contributed by atoms with Crippen molar-refractivity contribution in [1.29, 1.82) is 0 Å². The molecule has 0 spiro atoms. The largest absolute Gasteiger partial charge is 0.504 e. The highest BCUT2D eigenvalue weighted by Crippen LogP contribution is 2.41. The third-order valence-corrected chi connectivity index (χ3v) is 3.78. The summed E-state index contributed by atoms with van der Waals surface area (Å²) in [4.78, 5) is 0. The molecule has 0 unspecified atom stereocenters. The monoisotopic (exact) mass is 288 g/mol. The second kappa shape index (κ2) is 4.66. The van der Waals surface area contributed by atoms with E-state index in [0.29, 0.717) is 0 Å². The lowest BCUT2D eigenvalue weighted by Crippen LogP contribution is -2.20. The van der Waals surface area contributed by atoms with Crippen LogP contribution in [0.4, 0.5) is 22.7 Å². The molecule has 2 rings (SSSR count). The fourth-order valence-electron chi connectivity index (χ4n) is 2.25. The molecule has 0 atom stereocenters. The second-order valence-electron chi connectivity index (χ2n) is 5.63. The molecule has 6 heteroatoms. The summed E-state index contributed by atoms with van der Waals surface area (Å²) in [5, 5.41) is 19.3. The summed E-state index contributed by atoms with van der Waals surface area (Å²) in [7, 11) is 0. The lowest BCUT2D eigenvalue weighted by molar-refractivity contribution is 0.479. The smallest absolute Gasteiger partial charge is 0.161 e. The molecule has 0 aliphatic rings. The molecular weight excluding hydrogens is 268 g/mol. The molecule has 0 aliphatic carbocycles. The van der Waals surface area contributed by atoms with Crippen LogP contribution in [0.5, 0.6) is 11.5 Å². The SMILES string of the molecule is CC(C)(c1cc(N)c(O)c(N)c1)c1cc(N)c(O)c(N)c1. The summed E-state index contributed by atoms with van der Waals surface area (Å²) in [6.45, 7) is 3.90. The van der Waals surface area contributed by atoms with E-state index in [4.69, 9.17) is 22.9 Å². The predicted octanol–water partition coefficient (Wildman–Crippen LogP) is 1.75. The Kier molecular flexibility index (Phi) is 3.25. The Morgan fingerprint density at radius 3 is 1.14 bits per heavy atom. The van der Waals surface area contributed by atoms with Gasteiger partial charge in [0.25, 0.3) is 0 Å². The number of phenols is 2. The van der Waals surface area contributed by atoms with Gasteiger partial charge < -0.3 is 33.1 Å². The first kappa shape index (κ1) is 14.6. The molecule has 0 heterocycles. The maximum Gasteiger partial charge on any atom is 0.161 e. The van der Waals surface area contributed by atoms with Gasteiger partial charge in [-0.3, -0.25) is 0 Å². The van der Waals surface area contributed by atoms with Gasteiger partial charge in [0, 0.05) is 5.41 Å². The number of nitrogens with two attached hydrogens (primary N) is 4. The summed E-state index contributed by atoms with van der Waals surface area (Å²) < 4.78 is 0. The van der Waals surface area contributed by atoms with Gasteiger partial charge in [-0.05, 0) is 35.4 Å². The number of hydrogen-bond acceptors (Lipinski definition) is 6. The van der Waals surface area contributed by atoms with Crippen molar-refractivity contribution in [2.24, 2.45) is 0 Å². The lowest BCUT2D eigenvalue weighted by Gasteiger charge is -2.28. The van der Waals surface area contributed by atoms with Crippen LogP contribution in [0, 0.1) is 0 Å². The molecule has 2 aromatic rings. The Morgan fingerprint density at radius 2 is 0.905 bits per heavy atom. The first-order valence-corrected chi connectivity index (χ1v) is 6.41. The standard InChI is InChI=1S/C15H20N4O2/c1-15(2,7-3-9(16)13(20)10(17)4-7)8-5-11(18)14(21)12(19)6-8/h3-6,20-21H,16-19H2,1-2H3.